The molecule has 2 atom stereocenters. The Morgan fingerprint density at radius 1 is 1.28 bits per heavy atom. The van der Waals surface area contributed by atoms with Gasteiger partial charge in [-0.15, -0.1) is 0 Å². The number of carbonyl (C=O) groups excluding carboxylic acids is 1. The SMILES string of the molecule is CCC(c1ccc(F)cc1F)N1CCN(C(=O)C2CCCNC2)CC1. The highest BCUT2D eigenvalue weighted by Crippen LogP contribution is 2.28. The van der Waals surface area contributed by atoms with Crippen molar-refractivity contribution >= 4 is 5.91 Å². The Morgan fingerprint density at radius 2 is 2.04 bits per heavy atom. The number of amides is 1. The Bertz CT molecular complexity index is 596. The van der Waals surface area contributed by atoms with Crippen molar-refractivity contribution in [3.63, 3.8) is 0 Å². The van der Waals surface area contributed by atoms with Gasteiger partial charge in [0, 0.05) is 50.4 Å². The van der Waals surface area contributed by atoms with Crippen LogP contribution in [-0.2, 0) is 4.79 Å². The summed E-state index contributed by atoms with van der Waals surface area (Å²) >= 11 is 0. The third-order valence-corrected chi connectivity index (χ3v) is 5.42. The van der Waals surface area contributed by atoms with Crippen molar-refractivity contribution in [3.8, 4) is 0 Å². The summed E-state index contributed by atoms with van der Waals surface area (Å²) in [7, 11) is 0. The zero-order valence-electron chi connectivity index (χ0n) is 14.8. The van der Waals surface area contributed by atoms with Gasteiger partial charge in [0.25, 0.3) is 0 Å². The van der Waals surface area contributed by atoms with Gasteiger partial charge in [-0.2, -0.15) is 0 Å². The largest absolute Gasteiger partial charge is 0.340 e. The molecule has 0 saturated carbocycles. The molecule has 0 radical (unpaired) electrons. The van der Waals surface area contributed by atoms with Gasteiger partial charge >= 0.3 is 0 Å². The molecular weight excluding hydrogens is 324 g/mol. The van der Waals surface area contributed by atoms with Gasteiger partial charge in [-0.05, 0) is 31.9 Å². The number of halogens is 2. The van der Waals surface area contributed by atoms with E-state index in [1.165, 1.54) is 6.07 Å². The second-order valence-corrected chi connectivity index (χ2v) is 6.99. The number of nitrogens with zero attached hydrogens (tertiary/aromatic N) is 2. The van der Waals surface area contributed by atoms with Crippen molar-refractivity contribution < 1.29 is 13.6 Å². The van der Waals surface area contributed by atoms with E-state index in [4.69, 9.17) is 0 Å². The molecule has 1 amide bonds. The van der Waals surface area contributed by atoms with Crippen LogP contribution in [0.2, 0.25) is 0 Å². The summed E-state index contributed by atoms with van der Waals surface area (Å²) in [6.45, 7) is 6.58. The molecule has 2 aliphatic heterocycles. The molecule has 2 heterocycles. The highest BCUT2D eigenvalue weighted by Gasteiger charge is 2.31. The highest BCUT2D eigenvalue weighted by molar-refractivity contribution is 5.79. The van der Waals surface area contributed by atoms with Gasteiger partial charge in [-0.3, -0.25) is 9.69 Å². The highest BCUT2D eigenvalue weighted by atomic mass is 19.1. The van der Waals surface area contributed by atoms with Crippen molar-refractivity contribution in [2.24, 2.45) is 5.92 Å². The van der Waals surface area contributed by atoms with Crippen molar-refractivity contribution in [1.82, 2.24) is 15.1 Å². The van der Waals surface area contributed by atoms with E-state index < -0.39 is 11.6 Å². The number of piperidine rings is 1. The van der Waals surface area contributed by atoms with Gasteiger partial charge in [-0.1, -0.05) is 13.0 Å². The molecule has 138 valence electrons. The average Bonchev–Trinajstić information content (AvgIpc) is 2.65. The first-order valence-corrected chi connectivity index (χ1v) is 9.28. The van der Waals surface area contributed by atoms with E-state index in [0.717, 1.165) is 51.5 Å². The Hall–Kier alpha value is -1.53. The smallest absolute Gasteiger partial charge is 0.227 e. The molecule has 2 fully saturated rings. The summed E-state index contributed by atoms with van der Waals surface area (Å²) in [5.74, 6) is -0.698. The summed E-state index contributed by atoms with van der Waals surface area (Å²) in [5, 5.41) is 3.29. The van der Waals surface area contributed by atoms with E-state index in [1.807, 2.05) is 11.8 Å². The first-order valence-electron chi connectivity index (χ1n) is 9.28. The van der Waals surface area contributed by atoms with Gasteiger partial charge < -0.3 is 10.2 Å². The predicted molar refractivity (Wildman–Crippen MR) is 93.1 cm³/mol. The molecule has 25 heavy (non-hydrogen) atoms. The maximum atomic E-state index is 14.2. The molecule has 3 rings (SSSR count). The van der Waals surface area contributed by atoms with Crippen molar-refractivity contribution in [2.75, 3.05) is 39.3 Å². The molecule has 6 heteroatoms. The lowest BCUT2D eigenvalue weighted by Crippen LogP contribution is -2.52. The fourth-order valence-electron chi connectivity index (χ4n) is 4.02. The van der Waals surface area contributed by atoms with Gasteiger partial charge in [0.05, 0.1) is 5.92 Å². The summed E-state index contributed by atoms with van der Waals surface area (Å²) in [6.07, 6.45) is 2.77. The van der Waals surface area contributed by atoms with Crippen LogP contribution in [0.25, 0.3) is 0 Å². The van der Waals surface area contributed by atoms with E-state index in [9.17, 15) is 13.6 Å². The van der Waals surface area contributed by atoms with Crippen LogP contribution in [0.3, 0.4) is 0 Å². The van der Waals surface area contributed by atoms with Crippen molar-refractivity contribution in [1.29, 1.82) is 0 Å². The van der Waals surface area contributed by atoms with Crippen LogP contribution < -0.4 is 5.32 Å². The molecule has 4 nitrogen and oxygen atoms in total. The van der Waals surface area contributed by atoms with Crippen LogP contribution in [0.5, 0.6) is 0 Å². The number of benzene rings is 1. The summed E-state index contributed by atoms with van der Waals surface area (Å²) in [5.41, 5.74) is 0.542. The second-order valence-electron chi connectivity index (χ2n) is 6.99. The molecule has 2 unspecified atom stereocenters. The Labute approximate surface area is 148 Å². The van der Waals surface area contributed by atoms with Gasteiger partial charge in [0.1, 0.15) is 11.6 Å². The fraction of sp³-hybridized carbons (Fsp3) is 0.632. The topological polar surface area (TPSA) is 35.6 Å². The van der Waals surface area contributed by atoms with Gasteiger partial charge in [0.15, 0.2) is 0 Å². The fourth-order valence-corrected chi connectivity index (χ4v) is 4.02. The monoisotopic (exact) mass is 351 g/mol. The molecule has 1 aromatic carbocycles. The molecule has 0 aromatic heterocycles. The Kier molecular flexibility index (Phi) is 6.02. The molecule has 0 bridgehead atoms. The number of piperazine rings is 1. The lowest BCUT2D eigenvalue weighted by atomic mass is 9.97. The molecular formula is C19H27F2N3O. The predicted octanol–water partition coefficient (Wildman–Crippen LogP) is 2.56. The molecule has 0 spiro atoms. The number of rotatable bonds is 4. The molecule has 1 aromatic rings. The standard InChI is InChI=1S/C19H27F2N3O/c1-2-18(16-6-5-15(20)12-17(16)21)23-8-10-24(11-9-23)19(25)14-4-3-7-22-13-14/h5-6,12,14,18,22H,2-4,7-11,13H2,1H3. The first kappa shape index (κ1) is 18.3. The van der Waals surface area contributed by atoms with Crippen LogP contribution in [-0.4, -0.2) is 55.0 Å². The molecule has 0 aliphatic carbocycles. The lowest BCUT2D eigenvalue weighted by Gasteiger charge is -2.40. The van der Waals surface area contributed by atoms with E-state index in [-0.39, 0.29) is 17.9 Å². The van der Waals surface area contributed by atoms with E-state index in [1.54, 1.807) is 6.07 Å². The minimum Gasteiger partial charge on any atom is -0.340 e. The molecule has 2 aliphatic rings. The Morgan fingerprint density at radius 3 is 2.64 bits per heavy atom. The average molecular weight is 351 g/mol. The third-order valence-electron chi connectivity index (χ3n) is 5.42. The van der Waals surface area contributed by atoms with Gasteiger partial charge in [-0.25, -0.2) is 8.78 Å². The Balaban J connectivity index is 1.61. The van der Waals surface area contributed by atoms with E-state index in [2.05, 4.69) is 10.2 Å². The van der Waals surface area contributed by atoms with Gasteiger partial charge in [0.2, 0.25) is 5.91 Å². The number of carbonyl (C=O) groups is 1. The molecule has 2 saturated heterocycles. The minimum absolute atomic E-state index is 0.0748. The van der Waals surface area contributed by atoms with E-state index >= 15 is 0 Å². The van der Waals surface area contributed by atoms with Crippen LogP contribution in [0.1, 0.15) is 37.8 Å². The summed E-state index contributed by atoms with van der Waals surface area (Å²) < 4.78 is 27.3. The molecule has 1 N–H and O–H groups in total. The second kappa shape index (κ2) is 8.23. The first-order chi connectivity index (χ1) is 12.1. The zero-order chi connectivity index (χ0) is 17.8. The van der Waals surface area contributed by atoms with Crippen molar-refractivity contribution in [2.45, 2.75) is 32.2 Å². The third kappa shape index (κ3) is 4.18. The van der Waals surface area contributed by atoms with Crippen LogP contribution in [0.4, 0.5) is 8.78 Å². The summed E-state index contributed by atoms with van der Waals surface area (Å²) in [6, 6.07) is 3.74. The minimum atomic E-state index is -0.549. The maximum Gasteiger partial charge on any atom is 0.227 e. The van der Waals surface area contributed by atoms with E-state index in [0.29, 0.717) is 18.7 Å². The number of nitrogens with one attached hydrogen (secondary N) is 1. The van der Waals surface area contributed by atoms with Crippen LogP contribution in [0, 0.1) is 17.6 Å². The number of hydrogen-bond acceptors (Lipinski definition) is 3. The quantitative estimate of drug-likeness (QED) is 0.906. The zero-order valence-corrected chi connectivity index (χ0v) is 14.8. The normalized spacial score (nSPS) is 23.5. The van der Waals surface area contributed by atoms with Crippen molar-refractivity contribution in [3.05, 3.63) is 35.4 Å². The lowest BCUT2D eigenvalue weighted by molar-refractivity contribution is -0.138. The van der Waals surface area contributed by atoms with Crippen LogP contribution >= 0.6 is 0 Å². The maximum absolute atomic E-state index is 14.2. The van der Waals surface area contributed by atoms with Crippen LogP contribution in [0.15, 0.2) is 18.2 Å². The number of hydrogen-bond donors (Lipinski definition) is 1. The summed E-state index contributed by atoms with van der Waals surface area (Å²) in [4.78, 5) is 16.8.